The molecule has 1 amide bonds. The van der Waals surface area contributed by atoms with Crippen molar-refractivity contribution in [3.63, 3.8) is 0 Å². The summed E-state index contributed by atoms with van der Waals surface area (Å²) in [4.78, 5) is 18.2. The number of para-hydroxylation sites is 1. The Morgan fingerprint density at radius 1 is 1.30 bits per heavy atom. The van der Waals surface area contributed by atoms with Gasteiger partial charge in [0.15, 0.2) is 15.0 Å². The van der Waals surface area contributed by atoms with Gasteiger partial charge in [-0.3, -0.25) is 4.79 Å². The molecule has 0 spiro atoms. The number of hydrogen-bond donors (Lipinski definition) is 0. The topological polar surface area (TPSA) is 66.8 Å². The van der Waals surface area contributed by atoms with Crippen LogP contribution < -0.4 is 4.90 Å². The molecule has 1 aromatic carbocycles. The maximum Gasteiger partial charge on any atom is 0.248 e. The van der Waals surface area contributed by atoms with Crippen LogP contribution in [0.5, 0.6) is 0 Å². The average Bonchev–Trinajstić information content (AvgIpc) is 2.97. The minimum Gasteiger partial charge on any atom is -0.316 e. The highest BCUT2D eigenvalue weighted by Gasteiger charge is 2.49. The summed E-state index contributed by atoms with van der Waals surface area (Å²) in [6.45, 7) is 2.04. The number of benzene rings is 1. The standard InChI is InChI=1S/C16H20N2O3S2/c1-2-3-9-15(19)17-16-18(12-7-5-4-6-8-12)13-10-23(20,21)11-14(13)22-16/h4-8,13-14H,2-3,9-11H2,1H3/t13-,14-/m1/s1. The summed E-state index contributed by atoms with van der Waals surface area (Å²) in [5, 5.41) is 0.597. The number of carbonyl (C=O) groups is 1. The zero-order valence-corrected chi connectivity index (χ0v) is 14.6. The van der Waals surface area contributed by atoms with Crippen LogP contribution >= 0.6 is 11.8 Å². The molecule has 0 saturated carbocycles. The van der Waals surface area contributed by atoms with Crippen molar-refractivity contribution < 1.29 is 13.2 Å². The second kappa shape index (κ2) is 6.65. The minimum atomic E-state index is -3.01. The Morgan fingerprint density at radius 3 is 2.74 bits per heavy atom. The second-order valence-electron chi connectivity index (χ2n) is 5.90. The number of hydrogen-bond acceptors (Lipinski definition) is 4. The smallest absolute Gasteiger partial charge is 0.248 e. The molecular formula is C16H20N2O3S2. The molecule has 2 fully saturated rings. The van der Waals surface area contributed by atoms with Crippen LogP contribution in [0.25, 0.3) is 0 Å². The van der Waals surface area contributed by atoms with E-state index in [0.717, 1.165) is 18.5 Å². The highest BCUT2D eigenvalue weighted by molar-refractivity contribution is 8.16. The maximum absolute atomic E-state index is 12.0. The molecule has 0 aromatic heterocycles. The van der Waals surface area contributed by atoms with E-state index in [2.05, 4.69) is 4.99 Å². The third-order valence-corrected chi connectivity index (χ3v) is 7.28. The first-order valence-corrected chi connectivity index (χ1v) is 10.5. The van der Waals surface area contributed by atoms with Gasteiger partial charge in [-0.2, -0.15) is 4.99 Å². The van der Waals surface area contributed by atoms with Gasteiger partial charge in [0, 0.05) is 17.4 Å². The van der Waals surface area contributed by atoms with Crippen molar-refractivity contribution in [2.75, 3.05) is 16.4 Å². The fourth-order valence-corrected chi connectivity index (χ4v) is 6.88. The van der Waals surface area contributed by atoms with E-state index in [1.54, 1.807) is 0 Å². The molecule has 0 N–H and O–H groups in total. The van der Waals surface area contributed by atoms with Crippen molar-refractivity contribution in [3.8, 4) is 0 Å². The molecule has 23 heavy (non-hydrogen) atoms. The summed E-state index contributed by atoms with van der Waals surface area (Å²) >= 11 is 1.42. The van der Waals surface area contributed by atoms with E-state index >= 15 is 0 Å². The van der Waals surface area contributed by atoms with E-state index in [-0.39, 0.29) is 28.7 Å². The fraction of sp³-hybridized carbons (Fsp3) is 0.500. The van der Waals surface area contributed by atoms with Gasteiger partial charge in [0.05, 0.1) is 17.5 Å². The molecule has 124 valence electrons. The molecule has 2 saturated heterocycles. The van der Waals surface area contributed by atoms with Gasteiger partial charge in [-0.25, -0.2) is 8.42 Å². The van der Waals surface area contributed by atoms with Gasteiger partial charge in [0.25, 0.3) is 0 Å². The Kier molecular flexibility index (Phi) is 4.77. The molecule has 0 unspecified atom stereocenters. The molecule has 0 radical (unpaired) electrons. The van der Waals surface area contributed by atoms with Gasteiger partial charge in [-0.1, -0.05) is 43.3 Å². The predicted molar refractivity (Wildman–Crippen MR) is 94.7 cm³/mol. The number of aliphatic imine (C=N–C) groups is 1. The predicted octanol–water partition coefficient (Wildman–Crippen LogP) is 2.48. The number of amides is 1. The maximum atomic E-state index is 12.0. The van der Waals surface area contributed by atoms with E-state index in [0.29, 0.717) is 11.6 Å². The van der Waals surface area contributed by atoms with Crippen molar-refractivity contribution in [1.82, 2.24) is 0 Å². The zero-order valence-electron chi connectivity index (χ0n) is 13.0. The van der Waals surface area contributed by atoms with Crippen molar-refractivity contribution in [2.45, 2.75) is 37.5 Å². The number of anilines is 1. The van der Waals surface area contributed by atoms with Crippen molar-refractivity contribution in [1.29, 1.82) is 0 Å². The van der Waals surface area contributed by atoms with Gasteiger partial charge in [0.1, 0.15) is 0 Å². The minimum absolute atomic E-state index is 0.0436. The molecule has 0 aliphatic carbocycles. The van der Waals surface area contributed by atoms with E-state index < -0.39 is 9.84 Å². The summed E-state index contributed by atoms with van der Waals surface area (Å²) < 4.78 is 23.9. The summed E-state index contributed by atoms with van der Waals surface area (Å²) in [5.41, 5.74) is 0.895. The van der Waals surface area contributed by atoms with Crippen LogP contribution in [0, 0.1) is 0 Å². The first-order valence-electron chi connectivity index (χ1n) is 7.83. The third-order valence-electron chi connectivity index (χ3n) is 4.07. The Morgan fingerprint density at radius 2 is 2.04 bits per heavy atom. The van der Waals surface area contributed by atoms with Crippen molar-refractivity contribution in [2.24, 2.45) is 4.99 Å². The van der Waals surface area contributed by atoms with Gasteiger partial charge in [-0.05, 0) is 18.6 Å². The fourth-order valence-electron chi connectivity index (χ4n) is 2.95. The van der Waals surface area contributed by atoms with E-state index in [9.17, 15) is 13.2 Å². The lowest BCUT2D eigenvalue weighted by Gasteiger charge is -2.24. The first-order chi connectivity index (χ1) is 11.0. The Labute approximate surface area is 141 Å². The lowest BCUT2D eigenvalue weighted by Crippen LogP contribution is -2.37. The summed E-state index contributed by atoms with van der Waals surface area (Å²) in [5.74, 6) is 0.161. The second-order valence-corrected chi connectivity index (χ2v) is 9.26. The van der Waals surface area contributed by atoms with Gasteiger partial charge < -0.3 is 4.90 Å². The van der Waals surface area contributed by atoms with Gasteiger partial charge in [-0.15, -0.1) is 0 Å². The molecule has 0 bridgehead atoms. The Hall–Kier alpha value is -1.34. The quantitative estimate of drug-likeness (QED) is 0.833. The lowest BCUT2D eigenvalue weighted by atomic mass is 10.2. The number of fused-ring (bicyclic) bond motifs is 1. The van der Waals surface area contributed by atoms with Crippen molar-refractivity contribution in [3.05, 3.63) is 30.3 Å². The number of carbonyl (C=O) groups excluding carboxylic acids is 1. The number of sulfone groups is 1. The highest BCUT2D eigenvalue weighted by Crippen LogP contribution is 2.40. The molecule has 5 nitrogen and oxygen atoms in total. The normalized spacial score (nSPS) is 27.3. The Balaban J connectivity index is 1.91. The average molecular weight is 352 g/mol. The molecular weight excluding hydrogens is 332 g/mol. The van der Waals surface area contributed by atoms with Crippen molar-refractivity contribution >= 4 is 38.4 Å². The highest BCUT2D eigenvalue weighted by atomic mass is 32.2. The zero-order chi connectivity index (χ0) is 16.4. The van der Waals surface area contributed by atoms with E-state index in [1.807, 2.05) is 42.2 Å². The van der Waals surface area contributed by atoms with Gasteiger partial charge >= 0.3 is 0 Å². The van der Waals surface area contributed by atoms with Crippen LogP contribution in [0.15, 0.2) is 35.3 Å². The number of unbranched alkanes of at least 4 members (excludes halogenated alkanes) is 1. The monoisotopic (exact) mass is 352 g/mol. The SMILES string of the molecule is CCCCC(=O)N=C1S[C@@H]2CS(=O)(=O)C[C@H]2N1c1ccccc1. The van der Waals surface area contributed by atoms with E-state index in [4.69, 9.17) is 0 Å². The molecule has 3 rings (SSSR count). The van der Waals surface area contributed by atoms with Crippen LogP contribution in [0.4, 0.5) is 5.69 Å². The first kappa shape index (κ1) is 16.5. The summed E-state index contributed by atoms with van der Waals surface area (Å²) in [6.07, 6.45) is 2.22. The Bertz CT molecular complexity index is 716. The van der Waals surface area contributed by atoms with E-state index in [1.165, 1.54) is 11.8 Å². The lowest BCUT2D eigenvalue weighted by molar-refractivity contribution is -0.117. The number of nitrogens with zero attached hydrogens (tertiary/aromatic N) is 2. The summed E-state index contributed by atoms with van der Waals surface area (Å²) in [7, 11) is -3.01. The number of rotatable bonds is 4. The van der Waals surface area contributed by atoms with Crippen LogP contribution in [-0.2, 0) is 14.6 Å². The largest absolute Gasteiger partial charge is 0.316 e. The molecule has 2 aliphatic rings. The number of amidine groups is 1. The number of thioether (sulfide) groups is 1. The van der Waals surface area contributed by atoms with Crippen LogP contribution in [-0.4, -0.2) is 42.3 Å². The molecule has 7 heteroatoms. The van der Waals surface area contributed by atoms with Crippen LogP contribution in [0.1, 0.15) is 26.2 Å². The molecule has 2 aliphatic heterocycles. The molecule has 2 heterocycles. The van der Waals surface area contributed by atoms with Crippen LogP contribution in [0.3, 0.4) is 0 Å². The molecule has 2 atom stereocenters. The van der Waals surface area contributed by atoms with Gasteiger partial charge in [0.2, 0.25) is 5.91 Å². The summed E-state index contributed by atoms with van der Waals surface area (Å²) in [6, 6.07) is 9.46. The van der Waals surface area contributed by atoms with Crippen LogP contribution in [0.2, 0.25) is 0 Å². The third kappa shape index (κ3) is 3.61. The molecule has 1 aromatic rings.